The van der Waals surface area contributed by atoms with E-state index >= 15 is 0 Å². The van der Waals surface area contributed by atoms with E-state index in [-0.39, 0.29) is 24.3 Å². The van der Waals surface area contributed by atoms with Crippen LogP contribution in [0.15, 0.2) is 24.3 Å². The van der Waals surface area contributed by atoms with Crippen molar-refractivity contribution in [2.24, 2.45) is 0 Å². The second-order valence-corrected chi connectivity index (χ2v) is 6.81. The zero-order valence-corrected chi connectivity index (χ0v) is 16.6. The normalized spacial score (nSPS) is 18.9. The van der Waals surface area contributed by atoms with Gasteiger partial charge in [0.05, 0.1) is 18.0 Å². The second-order valence-electron chi connectivity index (χ2n) is 6.81. The Morgan fingerprint density at radius 1 is 1.24 bits per heavy atom. The van der Waals surface area contributed by atoms with Gasteiger partial charge in [-0.2, -0.15) is 0 Å². The van der Waals surface area contributed by atoms with Crippen LogP contribution in [0.1, 0.15) is 30.6 Å². The number of hydrazine groups is 1. The maximum Gasteiger partial charge on any atom is 0.326 e. The Morgan fingerprint density at radius 3 is 2.31 bits per heavy atom. The monoisotopic (exact) mass is 406 g/mol. The smallest absolute Gasteiger partial charge is 0.326 e. The summed E-state index contributed by atoms with van der Waals surface area (Å²) >= 11 is 0. The molecule has 1 fully saturated rings. The molecule has 0 N–H and O–H groups in total. The van der Waals surface area contributed by atoms with Gasteiger partial charge in [-0.1, -0.05) is 0 Å². The van der Waals surface area contributed by atoms with Crippen molar-refractivity contribution < 1.29 is 28.8 Å². The summed E-state index contributed by atoms with van der Waals surface area (Å²) in [4.78, 5) is 61.2. The van der Waals surface area contributed by atoms with E-state index in [2.05, 4.69) is 0 Å². The average Bonchev–Trinajstić information content (AvgIpc) is 2.85. The fraction of sp³-hybridized carbons (Fsp3) is 0.444. The summed E-state index contributed by atoms with van der Waals surface area (Å²) < 4.78 is 4.79. The molecule has 0 saturated carbocycles. The van der Waals surface area contributed by atoms with Crippen LogP contribution >= 0.6 is 0 Å². The van der Waals surface area contributed by atoms with Crippen LogP contribution in [0.4, 0.5) is 5.69 Å². The minimum absolute atomic E-state index is 0.106. The molecule has 1 aromatic carbocycles. The average molecular weight is 406 g/mol. The fourth-order valence-corrected chi connectivity index (χ4v) is 3.23. The molecule has 11 heteroatoms. The van der Waals surface area contributed by atoms with E-state index in [0.717, 1.165) is 9.91 Å². The summed E-state index contributed by atoms with van der Waals surface area (Å²) in [7, 11) is 3.06. The van der Waals surface area contributed by atoms with Gasteiger partial charge < -0.3 is 4.74 Å². The molecular formula is C18H22N4O7. The van der Waals surface area contributed by atoms with E-state index in [4.69, 9.17) is 4.74 Å². The lowest BCUT2D eigenvalue weighted by atomic mass is 9.98. The maximum absolute atomic E-state index is 13.1. The zero-order chi connectivity index (χ0) is 21.9. The number of likely N-dealkylation sites (tertiary alicyclic amines) is 1. The molecule has 0 aromatic heterocycles. The van der Waals surface area contributed by atoms with E-state index in [1.807, 2.05) is 0 Å². The summed E-state index contributed by atoms with van der Waals surface area (Å²) in [5, 5.41) is 13.3. The molecule has 1 aromatic rings. The number of non-ortho nitro benzene ring substituents is 1. The minimum atomic E-state index is -1.56. The van der Waals surface area contributed by atoms with Gasteiger partial charge in [0.2, 0.25) is 5.91 Å². The van der Waals surface area contributed by atoms with Crippen LogP contribution in [0.3, 0.4) is 0 Å². The molecule has 0 unspecified atom stereocenters. The topological polar surface area (TPSA) is 130 Å². The first-order valence-corrected chi connectivity index (χ1v) is 8.79. The minimum Gasteiger partial charge on any atom is -0.465 e. The standard InChI is InChI=1S/C18H22N4O7/c1-5-29-15(24)11-20-14(23)10-18(2,17(20)26)21(19(3)4)16(25)12-6-8-13(9-7-12)22(27)28/h6-9H,5,10-11H2,1-4H3/t18-/m0/s1. The quantitative estimate of drug-likeness (QED) is 0.278. The number of nitro groups is 1. The molecule has 29 heavy (non-hydrogen) atoms. The highest BCUT2D eigenvalue weighted by molar-refractivity contribution is 6.12. The molecule has 1 saturated heterocycles. The Balaban J connectivity index is 2.34. The van der Waals surface area contributed by atoms with Crippen LogP contribution in [0.2, 0.25) is 0 Å². The van der Waals surface area contributed by atoms with Crippen molar-refractivity contribution in [2.45, 2.75) is 25.8 Å². The molecule has 0 aliphatic carbocycles. The van der Waals surface area contributed by atoms with Gasteiger partial charge in [-0.05, 0) is 26.0 Å². The Hall–Kier alpha value is -3.34. The number of hydrogen-bond acceptors (Lipinski definition) is 8. The molecule has 2 rings (SSSR count). The second kappa shape index (κ2) is 8.35. The Morgan fingerprint density at radius 2 is 1.83 bits per heavy atom. The number of rotatable bonds is 7. The van der Waals surface area contributed by atoms with Crippen molar-refractivity contribution in [3.63, 3.8) is 0 Å². The number of amides is 3. The first-order chi connectivity index (χ1) is 13.5. The van der Waals surface area contributed by atoms with E-state index < -0.39 is 40.7 Å². The highest BCUT2D eigenvalue weighted by atomic mass is 16.6. The summed E-state index contributed by atoms with van der Waals surface area (Å²) in [5.74, 6) is -2.66. The van der Waals surface area contributed by atoms with Gasteiger partial charge in [0, 0.05) is 31.8 Å². The van der Waals surface area contributed by atoms with Crippen LogP contribution < -0.4 is 0 Å². The number of nitrogens with zero attached hydrogens (tertiary/aromatic N) is 4. The number of imide groups is 1. The molecule has 3 amide bonds. The van der Waals surface area contributed by atoms with Crippen LogP contribution in [0, 0.1) is 10.1 Å². The van der Waals surface area contributed by atoms with E-state index in [1.54, 1.807) is 6.92 Å². The molecule has 0 radical (unpaired) electrons. The highest BCUT2D eigenvalue weighted by Crippen LogP contribution is 2.32. The third kappa shape index (κ3) is 4.24. The highest BCUT2D eigenvalue weighted by Gasteiger charge is 2.55. The Labute approximate surface area is 166 Å². The first-order valence-electron chi connectivity index (χ1n) is 8.79. The maximum atomic E-state index is 13.1. The van der Waals surface area contributed by atoms with Crippen molar-refractivity contribution in [3.8, 4) is 0 Å². The molecule has 1 aliphatic rings. The van der Waals surface area contributed by atoms with Crippen molar-refractivity contribution in [1.82, 2.24) is 14.9 Å². The lowest BCUT2D eigenvalue weighted by molar-refractivity contribution is -0.384. The van der Waals surface area contributed by atoms with Crippen LogP contribution in [0.5, 0.6) is 0 Å². The molecular weight excluding hydrogens is 384 g/mol. The number of nitro benzene ring substituents is 1. The van der Waals surface area contributed by atoms with Crippen LogP contribution in [-0.4, -0.2) is 76.3 Å². The Kier molecular flexibility index (Phi) is 6.32. The third-order valence-corrected chi connectivity index (χ3v) is 4.48. The van der Waals surface area contributed by atoms with Gasteiger partial charge in [-0.25, -0.2) is 5.01 Å². The van der Waals surface area contributed by atoms with E-state index in [0.29, 0.717) is 0 Å². The largest absolute Gasteiger partial charge is 0.465 e. The van der Waals surface area contributed by atoms with Crippen LogP contribution in [-0.2, 0) is 19.1 Å². The molecule has 1 heterocycles. The SMILES string of the molecule is CCOC(=O)CN1C(=O)C[C@](C)(N(C(=O)c2ccc([N+](=O)[O-])cc2)N(C)C)C1=O. The lowest BCUT2D eigenvalue weighted by Crippen LogP contribution is -2.60. The number of hydrogen-bond donors (Lipinski definition) is 0. The predicted octanol–water partition coefficient (Wildman–Crippen LogP) is 0.594. The van der Waals surface area contributed by atoms with Crippen LogP contribution in [0.25, 0.3) is 0 Å². The number of esters is 1. The van der Waals surface area contributed by atoms with Gasteiger partial charge >= 0.3 is 5.97 Å². The third-order valence-electron chi connectivity index (χ3n) is 4.48. The number of carbonyl (C=O) groups excluding carboxylic acids is 4. The number of ether oxygens (including phenoxy) is 1. The summed E-state index contributed by atoms with van der Waals surface area (Å²) in [5.41, 5.74) is -1.64. The van der Waals surface area contributed by atoms with Gasteiger partial charge in [0.15, 0.2) is 0 Å². The molecule has 0 bridgehead atoms. The van der Waals surface area contributed by atoms with Gasteiger partial charge in [0.1, 0.15) is 12.1 Å². The van der Waals surface area contributed by atoms with Gasteiger partial charge in [-0.3, -0.25) is 39.2 Å². The van der Waals surface area contributed by atoms with E-state index in [9.17, 15) is 29.3 Å². The molecule has 1 aliphatic heterocycles. The van der Waals surface area contributed by atoms with Crippen molar-refractivity contribution in [3.05, 3.63) is 39.9 Å². The van der Waals surface area contributed by atoms with Crippen molar-refractivity contribution in [2.75, 3.05) is 27.2 Å². The first kappa shape index (κ1) is 22.0. The summed E-state index contributed by atoms with van der Waals surface area (Å²) in [6.07, 6.45) is -0.317. The number of carbonyl (C=O) groups is 4. The Bertz CT molecular complexity index is 852. The van der Waals surface area contributed by atoms with E-state index in [1.165, 1.54) is 50.3 Å². The number of benzene rings is 1. The fourth-order valence-electron chi connectivity index (χ4n) is 3.23. The molecule has 1 atom stereocenters. The summed E-state index contributed by atoms with van der Waals surface area (Å²) in [6.45, 7) is 2.61. The zero-order valence-electron chi connectivity index (χ0n) is 16.6. The molecule has 0 spiro atoms. The predicted molar refractivity (Wildman–Crippen MR) is 99.3 cm³/mol. The molecule has 156 valence electrons. The van der Waals surface area contributed by atoms with Crippen molar-refractivity contribution >= 4 is 29.4 Å². The van der Waals surface area contributed by atoms with Crippen molar-refractivity contribution in [1.29, 1.82) is 0 Å². The van der Waals surface area contributed by atoms with Gasteiger partial charge in [-0.15, -0.1) is 0 Å². The lowest BCUT2D eigenvalue weighted by Gasteiger charge is -2.40. The van der Waals surface area contributed by atoms with Gasteiger partial charge in [0.25, 0.3) is 17.5 Å². The summed E-state index contributed by atoms with van der Waals surface area (Å²) in [6, 6.07) is 4.91. The molecule has 11 nitrogen and oxygen atoms in total.